The van der Waals surface area contributed by atoms with E-state index in [0.717, 1.165) is 41.3 Å². The smallest absolute Gasteiger partial charge is 0.268 e. The van der Waals surface area contributed by atoms with Gasteiger partial charge in [0, 0.05) is 23.1 Å². The quantitative estimate of drug-likeness (QED) is 0.403. The summed E-state index contributed by atoms with van der Waals surface area (Å²) >= 11 is 0. The first-order valence-electron chi connectivity index (χ1n) is 13.2. The number of carbonyl (C=O) groups is 4. The van der Waals surface area contributed by atoms with E-state index < -0.39 is 23.4 Å². The molecule has 0 unspecified atom stereocenters. The zero-order valence-corrected chi connectivity index (χ0v) is 21.3. The molecule has 3 aromatic rings. The summed E-state index contributed by atoms with van der Waals surface area (Å²) in [4.78, 5) is 57.7. The lowest BCUT2D eigenvalue weighted by molar-refractivity contribution is -0.139. The van der Waals surface area contributed by atoms with E-state index in [1.807, 2.05) is 49.4 Å². The van der Waals surface area contributed by atoms with Crippen molar-refractivity contribution in [3.8, 4) is 0 Å². The van der Waals surface area contributed by atoms with Gasteiger partial charge >= 0.3 is 0 Å². The molecule has 2 aromatic carbocycles. The Morgan fingerprint density at radius 3 is 2.66 bits per heavy atom. The number of aromatic nitrogens is 1. The SMILES string of the molecule is Cc1cccc2[nH]c(C(=O)N[C@@H](CC3CCC3)C(=O)N3C[C@]4(C[C@H]3C(N)=O)C(=O)Nc3ccccc34)cc12. The number of aryl methyl sites for hydroxylation is 1. The number of likely N-dealkylation sites (tertiary alicyclic amines) is 1. The van der Waals surface area contributed by atoms with Crippen LogP contribution in [-0.4, -0.2) is 52.1 Å². The van der Waals surface area contributed by atoms with Crippen LogP contribution in [-0.2, 0) is 19.8 Å². The molecule has 196 valence electrons. The van der Waals surface area contributed by atoms with Crippen molar-refractivity contribution >= 4 is 40.2 Å². The van der Waals surface area contributed by atoms with Crippen molar-refractivity contribution in [1.82, 2.24) is 15.2 Å². The molecule has 0 radical (unpaired) electrons. The molecule has 1 aromatic heterocycles. The summed E-state index contributed by atoms with van der Waals surface area (Å²) in [5, 5.41) is 6.79. The third-order valence-corrected chi connectivity index (χ3v) is 8.62. The number of hydrogen-bond acceptors (Lipinski definition) is 4. The Balaban J connectivity index is 1.30. The summed E-state index contributed by atoms with van der Waals surface area (Å²) in [5.74, 6) is -1.35. The first kappa shape index (κ1) is 24.2. The first-order valence-corrected chi connectivity index (χ1v) is 13.2. The minimum Gasteiger partial charge on any atom is -0.368 e. The van der Waals surface area contributed by atoms with Crippen molar-refractivity contribution in [2.75, 3.05) is 11.9 Å². The molecular formula is C29H31N5O4. The average molecular weight is 514 g/mol. The van der Waals surface area contributed by atoms with E-state index in [9.17, 15) is 19.2 Å². The topological polar surface area (TPSA) is 137 Å². The summed E-state index contributed by atoms with van der Waals surface area (Å²) in [7, 11) is 0. The van der Waals surface area contributed by atoms with Crippen molar-refractivity contribution in [3.63, 3.8) is 0 Å². The first-order chi connectivity index (χ1) is 18.3. The molecule has 2 aliphatic heterocycles. The van der Waals surface area contributed by atoms with E-state index in [2.05, 4.69) is 15.6 Å². The van der Waals surface area contributed by atoms with Crippen LogP contribution in [0, 0.1) is 12.8 Å². The third kappa shape index (κ3) is 3.84. The molecule has 1 saturated heterocycles. The Hall–Kier alpha value is -4.14. The fourth-order valence-electron chi connectivity index (χ4n) is 6.27. The van der Waals surface area contributed by atoms with E-state index in [1.165, 1.54) is 4.90 Å². The summed E-state index contributed by atoms with van der Waals surface area (Å²) in [6.45, 7) is 2.01. The van der Waals surface area contributed by atoms with Crippen LogP contribution in [0.5, 0.6) is 0 Å². The number of primary amides is 1. The van der Waals surface area contributed by atoms with Crippen LogP contribution in [0.3, 0.4) is 0 Å². The highest BCUT2D eigenvalue weighted by atomic mass is 16.2. The number of rotatable bonds is 6. The largest absolute Gasteiger partial charge is 0.368 e. The van der Waals surface area contributed by atoms with Gasteiger partial charge in [-0.25, -0.2) is 0 Å². The molecule has 2 fully saturated rings. The van der Waals surface area contributed by atoms with Crippen molar-refractivity contribution in [2.24, 2.45) is 11.7 Å². The predicted octanol–water partition coefficient (Wildman–Crippen LogP) is 2.74. The van der Waals surface area contributed by atoms with Crippen LogP contribution in [0.15, 0.2) is 48.5 Å². The molecule has 1 aliphatic carbocycles. The van der Waals surface area contributed by atoms with Gasteiger partial charge in [0.15, 0.2) is 0 Å². The highest BCUT2D eigenvalue weighted by molar-refractivity contribution is 6.08. The second-order valence-corrected chi connectivity index (χ2v) is 10.9. The average Bonchev–Trinajstić information content (AvgIpc) is 3.56. The minimum atomic E-state index is -1.05. The standard InChI is InChI=1S/C29H31N5O4/c1-16-6-4-11-20-18(16)13-22(31-20)26(36)32-23(12-17-7-5-8-17)27(37)34-15-29(14-24(34)25(30)35)19-9-2-3-10-21(19)33-28(29)38/h2-4,6,9-11,13,17,23-24,31H,5,7-8,12,14-15H2,1H3,(H2,30,35)(H,32,36)(H,33,38)/t23-,24-,29-/m0/s1. The van der Waals surface area contributed by atoms with Crippen LogP contribution in [0.4, 0.5) is 5.69 Å². The van der Waals surface area contributed by atoms with E-state index in [0.29, 0.717) is 23.7 Å². The van der Waals surface area contributed by atoms with Crippen LogP contribution in [0.1, 0.15) is 53.7 Å². The molecule has 1 saturated carbocycles. The van der Waals surface area contributed by atoms with Gasteiger partial charge in [0.05, 0.1) is 5.41 Å². The Bertz CT molecular complexity index is 1470. The zero-order chi connectivity index (χ0) is 26.6. The number of amides is 4. The number of nitrogens with zero attached hydrogens (tertiary/aromatic N) is 1. The summed E-state index contributed by atoms with van der Waals surface area (Å²) in [5.41, 5.74) is 8.43. The molecule has 38 heavy (non-hydrogen) atoms. The lowest BCUT2D eigenvalue weighted by atomic mass is 9.79. The van der Waals surface area contributed by atoms with Gasteiger partial charge in [-0.2, -0.15) is 0 Å². The fourth-order valence-corrected chi connectivity index (χ4v) is 6.27. The second kappa shape index (κ2) is 9.01. The maximum atomic E-state index is 14.0. The second-order valence-electron chi connectivity index (χ2n) is 10.9. The van der Waals surface area contributed by atoms with Gasteiger partial charge in [0.1, 0.15) is 17.8 Å². The normalized spacial score (nSPS) is 23.2. The van der Waals surface area contributed by atoms with Gasteiger partial charge in [-0.15, -0.1) is 0 Å². The Morgan fingerprint density at radius 1 is 1.16 bits per heavy atom. The summed E-state index contributed by atoms with van der Waals surface area (Å²) in [6.07, 6.45) is 3.66. The molecule has 0 bridgehead atoms. The zero-order valence-electron chi connectivity index (χ0n) is 21.3. The predicted molar refractivity (Wildman–Crippen MR) is 142 cm³/mol. The Morgan fingerprint density at radius 2 is 1.95 bits per heavy atom. The van der Waals surface area contributed by atoms with Gasteiger partial charge in [-0.3, -0.25) is 19.2 Å². The van der Waals surface area contributed by atoms with Gasteiger partial charge in [0.2, 0.25) is 17.7 Å². The number of fused-ring (bicyclic) bond motifs is 3. The molecule has 3 heterocycles. The number of para-hydroxylation sites is 1. The number of aromatic amines is 1. The minimum absolute atomic E-state index is 0.0326. The molecule has 9 nitrogen and oxygen atoms in total. The van der Waals surface area contributed by atoms with E-state index in [-0.39, 0.29) is 30.7 Å². The van der Waals surface area contributed by atoms with E-state index in [1.54, 1.807) is 6.07 Å². The van der Waals surface area contributed by atoms with Crippen LogP contribution < -0.4 is 16.4 Å². The van der Waals surface area contributed by atoms with Crippen molar-refractivity contribution in [3.05, 3.63) is 65.4 Å². The number of benzene rings is 2. The number of nitrogens with two attached hydrogens (primary N) is 1. The molecule has 9 heteroatoms. The van der Waals surface area contributed by atoms with Gasteiger partial charge < -0.3 is 26.3 Å². The number of hydrogen-bond donors (Lipinski definition) is 4. The van der Waals surface area contributed by atoms with E-state index >= 15 is 0 Å². The van der Waals surface area contributed by atoms with Crippen LogP contribution in [0.25, 0.3) is 10.9 Å². The van der Waals surface area contributed by atoms with Crippen molar-refractivity contribution in [1.29, 1.82) is 0 Å². The van der Waals surface area contributed by atoms with E-state index in [4.69, 9.17) is 5.73 Å². The van der Waals surface area contributed by atoms with Crippen molar-refractivity contribution < 1.29 is 19.2 Å². The van der Waals surface area contributed by atoms with Gasteiger partial charge in [-0.05, 0) is 55.0 Å². The molecule has 4 amide bonds. The monoisotopic (exact) mass is 513 g/mol. The highest BCUT2D eigenvalue weighted by Crippen LogP contribution is 2.46. The van der Waals surface area contributed by atoms with Gasteiger partial charge in [0.25, 0.3) is 5.91 Å². The summed E-state index contributed by atoms with van der Waals surface area (Å²) in [6, 6.07) is 13.1. The van der Waals surface area contributed by atoms with Crippen molar-refractivity contribution in [2.45, 2.75) is 56.5 Å². The lowest BCUT2D eigenvalue weighted by Crippen LogP contribution is -2.54. The summed E-state index contributed by atoms with van der Waals surface area (Å²) < 4.78 is 0. The third-order valence-electron chi connectivity index (χ3n) is 8.62. The maximum absolute atomic E-state index is 14.0. The Kier molecular flexibility index (Phi) is 5.74. The number of H-pyrrole nitrogens is 1. The molecule has 3 atom stereocenters. The van der Waals surface area contributed by atoms with Crippen LogP contribution in [0.2, 0.25) is 0 Å². The van der Waals surface area contributed by atoms with Crippen LogP contribution >= 0.6 is 0 Å². The Labute approximate surface area is 220 Å². The number of carbonyl (C=O) groups excluding carboxylic acids is 4. The molecule has 6 rings (SSSR count). The highest BCUT2D eigenvalue weighted by Gasteiger charge is 2.57. The fraction of sp³-hybridized carbons (Fsp3) is 0.379. The lowest BCUT2D eigenvalue weighted by Gasteiger charge is -2.33. The van der Waals surface area contributed by atoms with Gasteiger partial charge in [-0.1, -0.05) is 49.6 Å². The molecule has 1 spiro atoms. The molecular weight excluding hydrogens is 482 g/mol. The molecule has 3 aliphatic rings. The maximum Gasteiger partial charge on any atom is 0.268 e. The molecule has 5 N–H and O–H groups in total. The number of nitrogens with one attached hydrogen (secondary N) is 3. The number of anilines is 1.